The first-order valence-corrected chi connectivity index (χ1v) is 11.3. The van der Waals surface area contributed by atoms with Crippen molar-refractivity contribution in [1.29, 1.82) is 0 Å². The quantitative estimate of drug-likeness (QED) is 0.703. The number of fused-ring (bicyclic) bond motifs is 1. The lowest BCUT2D eigenvalue weighted by molar-refractivity contribution is 0.278. The number of hydrogen-bond donors (Lipinski definition) is 0. The summed E-state index contributed by atoms with van der Waals surface area (Å²) in [6.45, 7) is 3.55. The number of sulfone groups is 1. The SMILES string of the molecule is CC(C)S(=O)(=O)CC1CCC(CCc2ccc3oc(=O)ccc3c2)CC1. The molecule has 2 aromatic rings. The fourth-order valence-corrected chi connectivity index (χ4v) is 5.23. The molecule has 0 amide bonds. The molecule has 0 aliphatic heterocycles. The van der Waals surface area contributed by atoms with Gasteiger partial charge in [0.25, 0.3) is 0 Å². The highest BCUT2D eigenvalue weighted by molar-refractivity contribution is 7.91. The van der Waals surface area contributed by atoms with Crippen molar-refractivity contribution >= 4 is 20.8 Å². The van der Waals surface area contributed by atoms with Gasteiger partial charge in [-0.25, -0.2) is 13.2 Å². The Hall–Kier alpha value is -1.62. The standard InChI is InChI=1S/C21H28O4S/c1-15(2)26(23,24)14-18-7-4-16(5-8-18)3-6-17-9-11-20-19(13-17)10-12-21(22)25-20/h9-13,15-16,18H,3-8,14H2,1-2H3. The molecular weight excluding hydrogens is 348 g/mol. The summed E-state index contributed by atoms with van der Waals surface area (Å²) in [5.74, 6) is 1.37. The lowest BCUT2D eigenvalue weighted by atomic mass is 9.80. The van der Waals surface area contributed by atoms with Crippen molar-refractivity contribution in [2.24, 2.45) is 11.8 Å². The van der Waals surface area contributed by atoms with Crippen molar-refractivity contribution < 1.29 is 12.8 Å². The van der Waals surface area contributed by atoms with Gasteiger partial charge in [0.1, 0.15) is 5.58 Å². The van der Waals surface area contributed by atoms with Crippen LogP contribution in [0.1, 0.15) is 51.5 Å². The van der Waals surface area contributed by atoms with Gasteiger partial charge in [0.05, 0.1) is 11.0 Å². The predicted molar refractivity (Wildman–Crippen MR) is 105 cm³/mol. The average molecular weight is 377 g/mol. The van der Waals surface area contributed by atoms with E-state index in [0.717, 1.165) is 43.9 Å². The maximum Gasteiger partial charge on any atom is 0.336 e. The van der Waals surface area contributed by atoms with E-state index in [1.165, 1.54) is 11.6 Å². The van der Waals surface area contributed by atoms with Crippen LogP contribution in [0.3, 0.4) is 0 Å². The van der Waals surface area contributed by atoms with Gasteiger partial charge in [-0.1, -0.05) is 18.9 Å². The summed E-state index contributed by atoms with van der Waals surface area (Å²) >= 11 is 0. The van der Waals surface area contributed by atoms with Crippen LogP contribution in [-0.2, 0) is 16.3 Å². The van der Waals surface area contributed by atoms with Gasteiger partial charge in [-0.3, -0.25) is 0 Å². The third kappa shape index (κ3) is 4.76. The van der Waals surface area contributed by atoms with Crippen LogP contribution in [0, 0.1) is 11.8 Å². The first kappa shape index (κ1) is 19.2. The molecule has 142 valence electrons. The molecule has 0 bridgehead atoms. The molecule has 0 spiro atoms. The minimum Gasteiger partial charge on any atom is -0.423 e. The molecule has 1 fully saturated rings. The zero-order chi connectivity index (χ0) is 18.7. The van der Waals surface area contributed by atoms with Crippen LogP contribution < -0.4 is 5.63 Å². The Labute approximate surface area is 155 Å². The van der Waals surface area contributed by atoms with E-state index in [-0.39, 0.29) is 10.9 Å². The van der Waals surface area contributed by atoms with Gasteiger partial charge in [0.2, 0.25) is 0 Å². The molecule has 1 aliphatic rings. The highest BCUT2D eigenvalue weighted by atomic mass is 32.2. The number of hydrogen-bond acceptors (Lipinski definition) is 4. The van der Waals surface area contributed by atoms with Gasteiger partial charge in [-0.2, -0.15) is 0 Å². The summed E-state index contributed by atoms with van der Waals surface area (Å²) in [4.78, 5) is 11.2. The second-order valence-electron chi connectivity index (χ2n) is 7.93. The molecule has 1 saturated carbocycles. The van der Waals surface area contributed by atoms with E-state index < -0.39 is 9.84 Å². The Bertz CT molecular complexity index is 903. The second-order valence-corrected chi connectivity index (χ2v) is 10.5. The Morgan fingerprint density at radius 3 is 2.42 bits per heavy atom. The summed E-state index contributed by atoms with van der Waals surface area (Å²) in [5, 5.41) is 0.697. The van der Waals surface area contributed by atoms with E-state index >= 15 is 0 Å². The normalized spacial score (nSPS) is 21.3. The zero-order valence-corrected chi connectivity index (χ0v) is 16.4. The molecule has 4 nitrogen and oxygen atoms in total. The van der Waals surface area contributed by atoms with E-state index in [0.29, 0.717) is 23.2 Å². The fraction of sp³-hybridized carbons (Fsp3) is 0.571. The summed E-state index contributed by atoms with van der Waals surface area (Å²) in [6.07, 6.45) is 6.45. The second kappa shape index (κ2) is 7.95. The summed E-state index contributed by atoms with van der Waals surface area (Å²) in [7, 11) is -2.93. The van der Waals surface area contributed by atoms with Crippen LogP contribution in [0.5, 0.6) is 0 Å². The summed E-state index contributed by atoms with van der Waals surface area (Å²) < 4.78 is 29.4. The molecule has 0 radical (unpaired) electrons. The maximum atomic E-state index is 12.1. The molecule has 0 N–H and O–H groups in total. The molecule has 5 heteroatoms. The van der Waals surface area contributed by atoms with E-state index in [2.05, 4.69) is 6.07 Å². The van der Waals surface area contributed by atoms with Crippen molar-refractivity contribution in [2.75, 3.05) is 5.75 Å². The van der Waals surface area contributed by atoms with Crippen LogP contribution in [0.2, 0.25) is 0 Å². The highest BCUT2D eigenvalue weighted by Crippen LogP contribution is 2.33. The van der Waals surface area contributed by atoms with E-state index in [1.54, 1.807) is 13.8 Å². The smallest absolute Gasteiger partial charge is 0.336 e. The van der Waals surface area contributed by atoms with Gasteiger partial charge in [-0.05, 0) is 75.1 Å². The van der Waals surface area contributed by atoms with Crippen LogP contribution in [0.15, 0.2) is 39.5 Å². The summed E-state index contributed by atoms with van der Waals surface area (Å²) in [6, 6.07) is 9.27. The molecule has 1 aliphatic carbocycles. The van der Waals surface area contributed by atoms with Crippen LogP contribution in [0.4, 0.5) is 0 Å². The maximum absolute atomic E-state index is 12.1. The Balaban J connectivity index is 1.51. The lowest BCUT2D eigenvalue weighted by Gasteiger charge is -2.28. The molecule has 0 unspecified atom stereocenters. The molecular formula is C21H28O4S. The molecule has 0 atom stereocenters. The molecule has 3 rings (SSSR count). The monoisotopic (exact) mass is 376 g/mol. The molecule has 1 heterocycles. The van der Waals surface area contributed by atoms with Crippen LogP contribution in [-0.4, -0.2) is 19.4 Å². The average Bonchev–Trinajstić information content (AvgIpc) is 2.60. The number of benzene rings is 1. The van der Waals surface area contributed by atoms with Crippen molar-refractivity contribution in [1.82, 2.24) is 0 Å². The largest absolute Gasteiger partial charge is 0.423 e. The molecule has 0 saturated heterocycles. The predicted octanol–water partition coefficient (Wildman–Crippen LogP) is 4.36. The van der Waals surface area contributed by atoms with Crippen LogP contribution in [0.25, 0.3) is 11.0 Å². The Morgan fingerprint density at radius 2 is 1.73 bits per heavy atom. The highest BCUT2D eigenvalue weighted by Gasteiger charge is 2.27. The fourth-order valence-electron chi connectivity index (χ4n) is 3.86. The topological polar surface area (TPSA) is 64.3 Å². The minimum atomic E-state index is -2.93. The third-order valence-electron chi connectivity index (χ3n) is 5.68. The Kier molecular flexibility index (Phi) is 5.86. The Morgan fingerprint density at radius 1 is 1.04 bits per heavy atom. The third-order valence-corrected chi connectivity index (χ3v) is 8.05. The van der Waals surface area contributed by atoms with Crippen LogP contribution >= 0.6 is 0 Å². The van der Waals surface area contributed by atoms with Crippen molar-refractivity contribution in [3.8, 4) is 0 Å². The molecule has 26 heavy (non-hydrogen) atoms. The van der Waals surface area contributed by atoms with E-state index in [9.17, 15) is 13.2 Å². The first-order chi connectivity index (χ1) is 12.3. The molecule has 1 aromatic heterocycles. The van der Waals surface area contributed by atoms with Gasteiger partial charge in [0.15, 0.2) is 9.84 Å². The minimum absolute atomic E-state index is 0.266. The summed E-state index contributed by atoms with van der Waals surface area (Å²) in [5.41, 5.74) is 1.57. The molecule has 1 aromatic carbocycles. The lowest BCUT2D eigenvalue weighted by Crippen LogP contribution is -2.26. The van der Waals surface area contributed by atoms with E-state index in [1.807, 2.05) is 18.2 Å². The van der Waals surface area contributed by atoms with Crippen molar-refractivity contribution in [3.05, 3.63) is 46.3 Å². The van der Waals surface area contributed by atoms with Gasteiger partial charge >= 0.3 is 5.63 Å². The zero-order valence-electron chi connectivity index (χ0n) is 15.6. The van der Waals surface area contributed by atoms with Crippen molar-refractivity contribution in [3.63, 3.8) is 0 Å². The van der Waals surface area contributed by atoms with Gasteiger partial charge < -0.3 is 4.42 Å². The first-order valence-electron chi connectivity index (χ1n) is 9.58. The van der Waals surface area contributed by atoms with Gasteiger partial charge in [0, 0.05) is 11.5 Å². The van der Waals surface area contributed by atoms with Crippen molar-refractivity contribution in [2.45, 2.75) is 57.6 Å². The van der Waals surface area contributed by atoms with E-state index in [4.69, 9.17) is 4.42 Å². The number of aryl methyl sites for hydroxylation is 1. The van der Waals surface area contributed by atoms with Gasteiger partial charge in [-0.15, -0.1) is 0 Å². The number of rotatable bonds is 6.